The van der Waals surface area contributed by atoms with Crippen molar-refractivity contribution < 1.29 is 14.2 Å². The highest BCUT2D eigenvalue weighted by molar-refractivity contribution is 7.18. The van der Waals surface area contributed by atoms with Crippen LogP contribution in [0.2, 0.25) is 4.34 Å². The van der Waals surface area contributed by atoms with Crippen molar-refractivity contribution in [2.45, 2.75) is 12.5 Å². The van der Waals surface area contributed by atoms with Crippen molar-refractivity contribution in [3.63, 3.8) is 0 Å². The third-order valence-corrected chi connectivity index (χ3v) is 5.48. The van der Waals surface area contributed by atoms with Gasteiger partial charge in [0.1, 0.15) is 22.2 Å². The molecule has 0 unspecified atom stereocenters. The molecule has 27 heavy (non-hydrogen) atoms. The van der Waals surface area contributed by atoms with E-state index in [2.05, 4.69) is 10.3 Å². The monoisotopic (exact) mass is 429 g/mol. The van der Waals surface area contributed by atoms with Gasteiger partial charge in [-0.3, -0.25) is 4.79 Å². The summed E-state index contributed by atoms with van der Waals surface area (Å²) < 4.78 is 13.7. The minimum Gasteiger partial charge on any atom is -0.403 e. The Morgan fingerprint density at radius 2 is 2.19 bits per heavy atom. The molecule has 144 valence electrons. The molecule has 0 fully saturated rings. The number of thiophene rings is 1. The summed E-state index contributed by atoms with van der Waals surface area (Å²) in [5.41, 5.74) is 13.1. The fourth-order valence-electron chi connectivity index (χ4n) is 2.52. The van der Waals surface area contributed by atoms with Gasteiger partial charge in [-0.15, -0.1) is 11.3 Å². The van der Waals surface area contributed by atoms with Gasteiger partial charge in [0.25, 0.3) is 5.91 Å². The normalized spacial score (nSPS) is 13.5. The van der Waals surface area contributed by atoms with Crippen LogP contribution in [0.1, 0.15) is 20.8 Å². The van der Waals surface area contributed by atoms with Crippen LogP contribution in [0.5, 0.6) is 0 Å². The van der Waals surface area contributed by atoms with Gasteiger partial charge in [0.15, 0.2) is 0 Å². The first-order chi connectivity index (χ1) is 12.9. The van der Waals surface area contributed by atoms with Crippen molar-refractivity contribution in [1.29, 1.82) is 0 Å². The van der Waals surface area contributed by atoms with Gasteiger partial charge in [-0.05, 0) is 30.2 Å². The maximum Gasteiger partial charge on any atom is 0.261 e. The number of amides is 1. The Morgan fingerprint density at radius 3 is 2.78 bits per heavy atom. The highest BCUT2D eigenvalue weighted by atomic mass is 35.5. The molecule has 0 spiro atoms. The zero-order valence-electron chi connectivity index (χ0n) is 14.6. The molecule has 1 aromatic carbocycles. The zero-order chi connectivity index (χ0) is 20.0. The molecular weight excluding hydrogens is 410 g/mol. The van der Waals surface area contributed by atoms with Gasteiger partial charge in [-0.2, -0.15) is 0 Å². The molecule has 2 aromatic rings. The number of hydrogen-bond donors (Lipinski definition) is 4. The van der Waals surface area contributed by atoms with E-state index in [0.29, 0.717) is 26.9 Å². The van der Waals surface area contributed by atoms with E-state index in [9.17, 15) is 9.18 Å². The second kappa shape index (κ2) is 9.85. The molecule has 0 aliphatic carbocycles. The number of benzene rings is 1. The van der Waals surface area contributed by atoms with Crippen molar-refractivity contribution in [3.8, 4) is 0 Å². The molecule has 1 aromatic heterocycles. The Hall–Kier alpha value is -1.93. The molecule has 1 heterocycles. The molecule has 0 bridgehead atoms. The molecule has 0 radical (unpaired) electrons. The van der Waals surface area contributed by atoms with E-state index in [-0.39, 0.29) is 29.3 Å². The molecule has 9 heteroatoms. The Balaban J connectivity index is 2.16. The highest BCUT2D eigenvalue weighted by Crippen LogP contribution is 2.29. The SMILES string of the molecule is C[NH+]=C(C(Cl)=CN)c1cc(C(=O)N[C@H](CN)Cc2cccc(F)c2)sc1Cl. The third kappa shape index (κ3) is 5.52. The van der Waals surface area contributed by atoms with E-state index in [1.54, 1.807) is 25.2 Å². The minimum absolute atomic E-state index is 0.212. The molecule has 0 aliphatic rings. The third-order valence-electron chi connectivity index (χ3n) is 3.81. The maximum atomic E-state index is 13.3. The van der Waals surface area contributed by atoms with E-state index in [0.717, 1.165) is 16.9 Å². The predicted molar refractivity (Wildman–Crippen MR) is 109 cm³/mol. The van der Waals surface area contributed by atoms with E-state index in [4.69, 9.17) is 34.7 Å². The maximum absolute atomic E-state index is 13.3. The highest BCUT2D eigenvalue weighted by Gasteiger charge is 2.23. The topological polar surface area (TPSA) is 95.1 Å². The van der Waals surface area contributed by atoms with Crippen molar-refractivity contribution in [2.75, 3.05) is 13.6 Å². The summed E-state index contributed by atoms with van der Waals surface area (Å²) in [4.78, 5) is 15.9. The summed E-state index contributed by atoms with van der Waals surface area (Å²) in [7, 11) is 1.68. The summed E-state index contributed by atoms with van der Waals surface area (Å²) in [6.07, 6.45) is 1.66. The summed E-state index contributed by atoms with van der Waals surface area (Å²) >= 11 is 13.5. The van der Waals surface area contributed by atoms with Gasteiger partial charge in [-0.25, -0.2) is 9.38 Å². The van der Waals surface area contributed by atoms with Crippen LogP contribution in [0.25, 0.3) is 0 Å². The van der Waals surface area contributed by atoms with Gasteiger partial charge in [-0.1, -0.05) is 35.3 Å². The smallest absolute Gasteiger partial charge is 0.261 e. The quantitative estimate of drug-likeness (QED) is 0.500. The van der Waals surface area contributed by atoms with Gasteiger partial charge in [0.2, 0.25) is 5.71 Å². The number of allylic oxidation sites excluding steroid dienone is 1. The first-order valence-electron chi connectivity index (χ1n) is 8.07. The molecule has 2 rings (SSSR count). The zero-order valence-corrected chi connectivity index (χ0v) is 16.9. The minimum atomic E-state index is -0.344. The Bertz CT molecular complexity index is 882. The van der Waals surface area contributed by atoms with Gasteiger partial charge in [0.05, 0.1) is 10.4 Å². The van der Waals surface area contributed by atoms with Crippen molar-refractivity contribution in [3.05, 3.63) is 67.7 Å². The number of carbonyl (C=O) groups is 1. The fourth-order valence-corrected chi connectivity index (χ4v) is 3.90. The van der Waals surface area contributed by atoms with E-state index in [1.165, 1.54) is 18.3 Å². The molecule has 5 nitrogen and oxygen atoms in total. The second-order valence-corrected chi connectivity index (χ2v) is 7.74. The summed E-state index contributed by atoms with van der Waals surface area (Å²) in [6, 6.07) is 7.48. The number of carbonyl (C=O) groups excluding carboxylic acids is 1. The molecule has 1 atom stereocenters. The van der Waals surface area contributed by atoms with Crippen LogP contribution in [-0.4, -0.2) is 31.3 Å². The lowest BCUT2D eigenvalue weighted by Crippen LogP contribution is -2.68. The molecule has 0 aliphatic heterocycles. The largest absolute Gasteiger partial charge is 0.403 e. The molecule has 0 saturated heterocycles. The number of nitrogens with two attached hydrogens (primary N) is 2. The Kier molecular flexibility index (Phi) is 7.79. The molecular formula is C18H20Cl2FN4OS+. The van der Waals surface area contributed by atoms with Crippen molar-refractivity contribution in [1.82, 2.24) is 5.32 Å². The summed E-state index contributed by atoms with van der Waals surface area (Å²) in [5.74, 6) is -0.646. The first kappa shape index (κ1) is 21.4. The van der Waals surface area contributed by atoms with Crippen molar-refractivity contribution in [2.24, 2.45) is 11.5 Å². The fraction of sp³-hybridized carbons (Fsp3) is 0.222. The van der Waals surface area contributed by atoms with Crippen LogP contribution in [0.15, 0.2) is 41.6 Å². The molecule has 6 N–H and O–H groups in total. The predicted octanol–water partition coefficient (Wildman–Crippen LogP) is 1.38. The molecule has 0 saturated carbocycles. The number of hydrogen-bond acceptors (Lipinski definition) is 4. The lowest BCUT2D eigenvalue weighted by atomic mass is 10.1. The number of nitrogens with one attached hydrogen (secondary N) is 2. The second-order valence-electron chi connectivity index (χ2n) is 5.68. The average Bonchev–Trinajstić information content (AvgIpc) is 3.03. The van der Waals surface area contributed by atoms with Crippen LogP contribution in [0, 0.1) is 5.82 Å². The summed E-state index contributed by atoms with van der Waals surface area (Å²) in [6.45, 7) is 0.212. The van der Waals surface area contributed by atoms with E-state index in [1.807, 2.05) is 0 Å². The standard InChI is InChI=1S/C18H19Cl2FN4OS/c1-24-16(14(19)9-23)13-7-15(27-17(13)20)18(26)25-12(8-22)6-10-3-2-4-11(21)5-10/h2-5,7,9,12H,6,8,22-23H2,1H3,(H,25,26)/p+1/t12-/m0/s1. The number of rotatable bonds is 7. The molecule has 1 amide bonds. The van der Waals surface area contributed by atoms with Crippen LogP contribution in [0.4, 0.5) is 4.39 Å². The summed E-state index contributed by atoms with van der Waals surface area (Å²) in [5, 5.41) is 3.14. The van der Waals surface area contributed by atoms with E-state index < -0.39 is 0 Å². The van der Waals surface area contributed by atoms with Crippen LogP contribution in [-0.2, 0) is 6.42 Å². The first-order valence-corrected chi connectivity index (χ1v) is 9.64. The van der Waals surface area contributed by atoms with Gasteiger partial charge < -0.3 is 16.8 Å². The van der Waals surface area contributed by atoms with Crippen LogP contribution in [0.3, 0.4) is 0 Å². The van der Waals surface area contributed by atoms with Crippen LogP contribution >= 0.6 is 34.5 Å². The Labute approximate surface area is 170 Å². The lowest BCUT2D eigenvalue weighted by Gasteiger charge is -2.16. The van der Waals surface area contributed by atoms with Gasteiger partial charge in [0, 0.05) is 18.8 Å². The average molecular weight is 430 g/mol. The van der Waals surface area contributed by atoms with Crippen LogP contribution < -0.4 is 21.8 Å². The number of halogens is 3. The lowest BCUT2D eigenvalue weighted by molar-refractivity contribution is -0.418. The Morgan fingerprint density at radius 1 is 1.44 bits per heavy atom. The van der Waals surface area contributed by atoms with Crippen molar-refractivity contribution >= 4 is 46.2 Å². The van der Waals surface area contributed by atoms with E-state index >= 15 is 0 Å². The van der Waals surface area contributed by atoms with Gasteiger partial charge >= 0.3 is 0 Å².